The Hall–Kier alpha value is -2.11. The summed E-state index contributed by atoms with van der Waals surface area (Å²) in [6.45, 7) is 3.73. The Labute approximate surface area is 137 Å². The fraction of sp³-hybridized carbons (Fsp3) is 0.588. The molecule has 1 aromatic rings. The normalized spacial score (nSPS) is 18.5. The fourth-order valence-corrected chi connectivity index (χ4v) is 3.14. The Bertz CT molecular complexity index is 537. The summed E-state index contributed by atoms with van der Waals surface area (Å²) in [4.78, 5) is 24.8. The highest BCUT2D eigenvalue weighted by molar-refractivity contribution is 5.74. The molecule has 1 fully saturated rings. The van der Waals surface area contributed by atoms with Crippen LogP contribution in [0.2, 0.25) is 0 Å². The zero-order valence-electron chi connectivity index (χ0n) is 13.6. The first-order valence-corrected chi connectivity index (χ1v) is 8.55. The van der Waals surface area contributed by atoms with Gasteiger partial charge in [0.05, 0.1) is 0 Å². The van der Waals surface area contributed by atoms with Gasteiger partial charge < -0.3 is 15.1 Å². The van der Waals surface area contributed by atoms with Crippen molar-refractivity contribution in [2.75, 3.05) is 37.6 Å². The molecule has 2 heterocycles. The molecule has 1 aliphatic heterocycles. The average molecular weight is 315 g/mol. The molecule has 3 rings (SSSR count). The van der Waals surface area contributed by atoms with Crippen LogP contribution in [0, 0.1) is 0 Å². The van der Waals surface area contributed by atoms with Crippen molar-refractivity contribution >= 4 is 12.0 Å². The van der Waals surface area contributed by atoms with Crippen LogP contribution in [-0.4, -0.2) is 53.6 Å². The number of nitrogens with one attached hydrogen (secondary N) is 1. The van der Waals surface area contributed by atoms with Crippen LogP contribution in [0.15, 0.2) is 30.1 Å². The quantitative estimate of drug-likeness (QED) is 0.865. The second-order valence-electron chi connectivity index (χ2n) is 6.11. The monoisotopic (exact) mass is 315 g/mol. The molecular weight excluding hydrogens is 290 g/mol. The summed E-state index contributed by atoms with van der Waals surface area (Å²) in [5.74, 6) is 0.747. The van der Waals surface area contributed by atoms with Crippen LogP contribution in [0.3, 0.4) is 0 Å². The van der Waals surface area contributed by atoms with E-state index in [2.05, 4.69) is 26.3 Å². The van der Waals surface area contributed by atoms with E-state index in [4.69, 9.17) is 0 Å². The number of rotatable bonds is 4. The molecule has 1 aromatic heterocycles. The molecular formula is C17H25N5O. The van der Waals surface area contributed by atoms with Gasteiger partial charge in [0.2, 0.25) is 5.95 Å². The molecule has 1 aliphatic carbocycles. The third-order valence-corrected chi connectivity index (χ3v) is 4.51. The average Bonchev–Trinajstić information content (AvgIpc) is 2.63. The minimum absolute atomic E-state index is 0.0510. The Morgan fingerprint density at radius 3 is 2.61 bits per heavy atom. The topological polar surface area (TPSA) is 61.4 Å². The summed E-state index contributed by atoms with van der Waals surface area (Å²) < 4.78 is 0. The van der Waals surface area contributed by atoms with Crippen LogP contribution < -0.4 is 10.2 Å². The van der Waals surface area contributed by atoms with E-state index in [1.165, 1.54) is 31.3 Å². The predicted molar refractivity (Wildman–Crippen MR) is 90.4 cm³/mol. The molecule has 0 saturated carbocycles. The van der Waals surface area contributed by atoms with Crippen molar-refractivity contribution in [2.24, 2.45) is 0 Å². The molecule has 1 saturated heterocycles. The van der Waals surface area contributed by atoms with E-state index in [9.17, 15) is 4.79 Å². The smallest absolute Gasteiger partial charge is 0.317 e. The van der Waals surface area contributed by atoms with Gasteiger partial charge in [-0.2, -0.15) is 0 Å². The first kappa shape index (κ1) is 15.8. The standard InChI is InChI=1S/C17H25N5O/c23-17(20-10-7-15-5-2-1-3-6-15)22-13-11-21(12-14-22)16-18-8-4-9-19-16/h4-5,8-9H,1-3,6-7,10-14H2,(H,20,23). The third-order valence-electron chi connectivity index (χ3n) is 4.51. The maximum absolute atomic E-state index is 12.2. The summed E-state index contributed by atoms with van der Waals surface area (Å²) in [6.07, 6.45) is 11.8. The maximum Gasteiger partial charge on any atom is 0.317 e. The van der Waals surface area contributed by atoms with Crippen molar-refractivity contribution in [2.45, 2.75) is 32.1 Å². The number of hydrogen-bond donors (Lipinski definition) is 1. The Kier molecular flexibility index (Phi) is 5.45. The number of carbonyl (C=O) groups is 1. The number of hydrogen-bond acceptors (Lipinski definition) is 4. The number of anilines is 1. The van der Waals surface area contributed by atoms with Gasteiger partial charge in [0.15, 0.2) is 0 Å². The maximum atomic E-state index is 12.2. The zero-order valence-corrected chi connectivity index (χ0v) is 13.6. The van der Waals surface area contributed by atoms with Crippen LogP contribution in [0.25, 0.3) is 0 Å². The van der Waals surface area contributed by atoms with Crippen LogP contribution in [-0.2, 0) is 0 Å². The van der Waals surface area contributed by atoms with E-state index in [0.717, 1.165) is 32.0 Å². The van der Waals surface area contributed by atoms with Crippen molar-refractivity contribution in [3.05, 3.63) is 30.1 Å². The summed E-state index contributed by atoms with van der Waals surface area (Å²) >= 11 is 0. The second kappa shape index (κ2) is 7.94. The van der Waals surface area contributed by atoms with Gasteiger partial charge in [0, 0.05) is 45.1 Å². The minimum atomic E-state index is 0.0510. The zero-order chi connectivity index (χ0) is 15.9. The van der Waals surface area contributed by atoms with Crippen molar-refractivity contribution in [3.8, 4) is 0 Å². The molecule has 2 aliphatic rings. The molecule has 0 radical (unpaired) electrons. The first-order chi connectivity index (χ1) is 11.3. The lowest BCUT2D eigenvalue weighted by molar-refractivity contribution is 0.194. The molecule has 0 atom stereocenters. The summed E-state index contributed by atoms with van der Waals surface area (Å²) in [5.41, 5.74) is 1.50. The number of piperazine rings is 1. The number of allylic oxidation sites excluding steroid dienone is 1. The van der Waals surface area contributed by atoms with Gasteiger partial charge in [-0.15, -0.1) is 0 Å². The van der Waals surface area contributed by atoms with Crippen LogP contribution in [0.1, 0.15) is 32.1 Å². The fourth-order valence-electron chi connectivity index (χ4n) is 3.14. The van der Waals surface area contributed by atoms with Gasteiger partial charge in [-0.25, -0.2) is 14.8 Å². The van der Waals surface area contributed by atoms with Crippen molar-refractivity contribution in [1.29, 1.82) is 0 Å². The largest absolute Gasteiger partial charge is 0.338 e. The Balaban J connectivity index is 1.39. The van der Waals surface area contributed by atoms with Crippen LogP contribution >= 0.6 is 0 Å². The molecule has 6 nitrogen and oxygen atoms in total. The van der Waals surface area contributed by atoms with Gasteiger partial charge in [-0.3, -0.25) is 0 Å². The first-order valence-electron chi connectivity index (χ1n) is 8.55. The van der Waals surface area contributed by atoms with Gasteiger partial charge in [-0.05, 0) is 38.2 Å². The van der Waals surface area contributed by atoms with E-state index in [1.54, 1.807) is 12.4 Å². The van der Waals surface area contributed by atoms with Crippen LogP contribution in [0.5, 0.6) is 0 Å². The van der Waals surface area contributed by atoms with E-state index in [1.807, 2.05) is 11.0 Å². The van der Waals surface area contributed by atoms with Gasteiger partial charge in [0.25, 0.3) is 0 Å². The molecule has 0 bridgehead atoms. The highest BCUT2D eigenvalue weighted by atomic mass is 16.2. The predicted octanol–water partition coefficient (Wildman–Crippen LogP) is 2.20. The number of aromatic nitrogens is 2. The van der Waals surface area contributed by atoms with Crippen LogP contribution in [0.4, 0.5) is 10.7 Å². The lowest BCUT2D eigenvalue weighted by atomic mass is 9.97. The minimum Gasteiger partial charge on any atom is -0.338 e. The highest BCUT2D eigenvalue weighted by Crippen LogP contribution is 2.19. The Morgan fingerprint density at radius 1 is 1.13 bits per heavy atom. The van der Waals surface area contributed by atoms with Gasteiger partial charge in [0.1, 0.15) is 0 Å². The third kappa shape index (κ3) is 4.43. The molecule has 23 heavy (non-hydrogen) atoms. The lowest BCUT2D eigenvalue weighted by Crippen LogP contribution is -2.52. The van der Waals surface area contributed by atoms with Crippen molar-refractivity contribution < 1.29 is 4.79 Å². The SMILES string of the molecule is O=C(NCCC1=CCCCC1)N1CCN(c2ncccn2)CC1. The number of carbonyl (C=O) groups excluding carboxylic acids is 1. The van der Waals surface area contributed by atoms with Gasteiger partial charge in [-0.1, -0.05) is 11.6 Å². The molecule has 0 spiro atoms. The lowest BCUT2D eigenvalue weighted by Gasteiger charge is -2.34. The molecule has 0 unspecified atom stereocenters. The van der Waals surface area contributed by atoms with E-state index in [-0.39, 0.29) is 6.03 Å². The van der Waals surface area contributed by atoms with E-state index >= 15 is 0 Å². The summed E-state index contributed by atoms with van der Waals surface area (Å²) in [5, 5.41) is 3.05. The van der Waals surface area contributed by atoms with Gasteiger partial charge >= 0.3 is 6.03 Å². The molecule has 6 heteroatoms. The number of nitrogens with zero attached hydrogens (tertiary/aromatic N) is 4. The van der Waals surface area contributed by atoms with Crippen molar-refractivity contribution in [1.82, 2.24) is 20.2 Å². The number of amides is 2. The van der Waals surface area contributed by atoms with E-state index < -0.39 is 0 Å². The summed E-state index contributed by atoms with van der Waals surface area (Å²) in [6, 6.07) is 1.87. The molecule has 0 aromatic carbocycles. The number of urea groups is 1. The molecule has 2 amide bonds. The van der Waals surface area contributed by atoms with Crippen molar-refractivity contribution in [3.63, 3.8) is 0 Å². The molecule has 124 valence electrons. The summed E-state index contributed by atoms with van der Waals surface area (Å²) in [7, 11) is 0. The highest BCUT2D eigenvalue weighted by Gasteiger charge is 2.22. The second-order valence-corrected chi connectivity index (χ2v) is 6.11. The Morgan fingerprint density at radius 2 is 1.91 bits per heavy atom. The molecule has 1 N–H and O–H groups in total. The van der Waals surface area contributed by atoms with E-state index in [0.29, 0.717) is 13.1 Å².